The van der Waals surface area contributed by atoms with Gasteiger partial charge in [0.05, 0.1) is 12.6 Å². The van der Waals surface area contributed by atoms with Crippen LogP contribution in [0.1, 0.15) is 27.2 Å². The quantitative estimate of drug-likeness (QED) is 0.838. The molecule has 3 nitrogen and oxygen atoms in total. The highest BCUT2D eigenvalue weighted by Crippen LogP contribution is 2.30. The van der Waals surface area contributed by atoms with Gasteiger partial charge >= 0.3 is 0 Å². The van der Waals surface area contributed by atoms with Crippen LogP contribution < -0.4 is 4.74 Å². The lowest BCUT2D eigenvalue weighted by molar-refractivity contribution is 0.348. The van der Waals surface area contributed by atoms with Gasteiger partial charge in [0.1, 0.15) is 11.3 Å². The van der Waals surface area contributed by atoms with Crippen molar-refractivity contribution in [2.45, 2.75) is 32.7 Å². The summed E-state index contributed by atoms with van der Waals surface area (Å²) in [4.78, 5) is 3.24. The zero-order valence-electron chi connectivity index (χ0n) is 10.7. The zero-order valence-corrected chi connectivity index (χ0v) is 11.5. The molecule has 0 unspecified atom stereocenters. The van der Waals surface area contributed by atoms with E-state index >= 15 is 0 Å². The summed E-state index contributed by atoms with van der Waals surface area (Å²) in [6.45, 7) is 6.55. The molecule has 1 N–H and O–H groups in total. The second kappa shape index (κ2) is 4.18. The summed E-state index contributed by atoms with van der Waals surface area (Å²) < 4.78 is 8.26. The Bertz CT molecular complexity index is 595. The first-order valence-corrected chi connectivity index (χ1v) is 6.20. The summed E-state index contributed by atoms with van der Waals surface area (Å²) in [5.41, 5.74) is 2.07. The molecule has 0 spiro atoms. The number of fused-ring (bicyclic) bond motifs is 1. The highest BCUT2D eigenvalue weighted by Gasteiger charge is 2.22. The van der Waals surface area contributed by atoms with Gasteiger partial charge in [0.15, 0.2) is 4.77 Å². The maximum atomic E-state index is 5.43. The van der Waals surface area contributed by atoms with Crippen LogP contribution in [0.4, 0.5) is 0 Å². The second-order valence-corrected chi connectivity index (χ2v) is 5.17. The molecule has 0 saturated carbocycles. The molecule has 1 aromatic heterocycles. The number of aromatic nitrogens is 2. The van der Waals surface area contributed by atoms with Crippen molar-refractivity contribution in [1.29, 1.82) is 0 Å². The number of imidazole rings is 1. The fourth-order valence-corrected chi connectivity index (χ4v) is 2.48. The van der Waals surface area contributed by atoms with Gasteiger partial charge < -0.3 is 14.3 Å². The highest BCUT2D eigenvalue weighted by atomic mass is 32.1. The number of rotatable bonds is 3. The molecule has 0 atom stereocenters. The largest absolute Gasteiger partial charge is 0.494 e. The van der Waals surface area contributed by atoms with Crippen molar-refractivity contribution in [3.63, 3.8) is 0 Å². The van der Waals surface area contributed by atoms with Crippen molar-refractivity contribution >= 4 is 23.3 Å². The number of H-pyrrole nitrogens is 1. The van der Waals surface area contributed by atoms with Gasteiger partial charge in [0.2, 0.25) is 0 Å². The van der Waals surface area contributed by atoms with Crippen LogP contribution in [0.5, 0.6) is 5.75 Å². The van der Waals surface area contributed by atoms with Crippen molar-refractivity contribution in [3.8, 4) is 5.75 Å². The molecule has 17 heavy (non-hydrogen) atoms. The van der Waals surface area contributed by atoms with E-state index in [1.54, 1.807) is 7.11 Å². The topological polar surface area (TPSA) is 29.9 Å². The highest BCUT2D eigenvalue weighted by molar-refractivity contribution is 7.71. The van der Waals surface area contributed by atoms with E-state index in [0.29, 0.717) is 0 Å². The molecule has 0 amide bonds. The number of hydrogen-bond acceptors (Lipinski definition) is 2. The van der Waals surface area contributed by atoms with Crippen LogP contribution in [0.25, 0.3) is 11.0 Å². The van der Waals surface area contributed by atoms with Gasteiger partial charge in [0.25, 0.3) is 0 Å². The lowest BCUT2D eigenvalue weighted by atomic mass is 10.0. The molecule has 0 fully saturated rings. The first-order valence-electron chi connectivity index (χ1n) is 5.79. The Balaban J connectivity index is 2.82. The summed E-state index contributed by atoms with van der Waals surface area (Å²) in [6.07, 6.45) is 1.02. The molecule has 0 aliphatic carbocycles. The third kappa shape index (κ3) is 1.86. The van der Waals surface area contributed by atoms with Crippen LogP contribution in [0.15, 0.2) is 18.2 Å². The number of methoxy groups -OCH3 is 1. The Labute approximate surface area is 106 Å². The lowest BCUT2D eigenvalue weighted by Gasteiger charge is -2.25. The van der Waals surface area contributed by atoms with Gasteiger partial charge in [-0.25, -0.2) is 0 Å². The third-order valence-electron chi connectivity index (χ3n) is 3.37. The monoisotopic (exact) mass is 250 g/mol. The summed E-state index contributed by atoms with van der Waals surface area (Å²) in [6, 6.07) is 6.00. The summed E-state index contributed by atoms with van der Waals surface area (Å²) in [7, 11) is 1.67. The minimum absolute atomic E-state index is 0.00168. The molecule has 0 bridgehead atoms. The average Bonchev–Trinajstić information content (AvgIpc) is 2.65. The predicted molar refractivity (Wildman–Crippen MR) is 73.3 cm³/mol. The molecule has 4 heteroatoms. The van der Waals surface area contributed by atoms with E-state index in [4.69, 9.17) is 17.0 Å². The van der Waals surface area contributed by atoms with Crippen molar-refractivity contribution < 1.29 is 4.74 Å². The van der Waals surface area contributed by atoms with E-state index in [9.17, 15) is 0 Å². The molecule has 2 rings (SSSR count). The minimum Gasteiger partial charge on any atom is -0.494 e. The van der Waals surface area contributed by atoms with E-state index < -0.39 is 0 Å². The van der Waals surface area contributed by atoms with E-state index in [0.717, 1.165) is 28.0 Å². The SMILES string of the molecule is CCC(C)(C)n1c(=S)[nH]c2c(OC)cccc21. The van der Waals surface area contributed by atoms with Gasteiger partial charge in [-0.15, -0.1) is 0 Å². The molecule has 92 valence electrons. The van der Waals surface area contributed by atoms with Gasteiger partial charge in [-0.05, 0) is 44.6 Å². The Morgan fingerprint density at radius 1 is 1.41 bits per heavy atom. The van der Waals surface area contributed by atoms with Gasteiger partial charge in [-0.3, -0.25) is 0 Å². The van der Waals surface area contributed by atoms with E-state index in [-0.39, 0.29) is 5.54 Å². The first-order chi connectivity index (χ1) is 8.01. The summed E-state index contributed by atoms with van der Waals surface area (Å²) in [5, 5.41) is 0. The Kier molecular flexibility index (Phi) is 3.00. The van der Waals surface area contributed by atoms with Crippen molar-refractivity contribution in [1.82, 2.24) is 9.55 Å². The van der Waals surface area contributed by atoms with Crippen LogP contribution in [-0.2, 0) is 5.54 Å². The molecular weight excluding hydrogens is 232 g/mol. The predicted octanol–water partition coefficient (Wildman–Crippen LogP) is 3.85. The number of benzene rings is 1. The number of nitrogens with one attached hydrogen (secondary N) is 1. The first kappa shape index (κ1) is 12.2. The number of aromatic amines is 1. The molecule has 0 saturated heterocycles. The average molecular weight is 250 g/mol. The number of para-hydroxylation sites is 1. The van der Waals surface area contributed by atoms with E-state index in [1.165, 1.54) is 0 Å². The molecule has 0 aliphatic rings. The molecule has 1 aromatic carbocycles. The maximum absolute atomic E-state index is 5.43. The minimum atomic E-state index is 0.00168. The lowest BCUT2D eigenvalue weighted by Crippen LogP contribution is -2.25. The van der Waals surface area contributed by atoms with Crippen LogP contribution in [-0.4, -0.2) is 16.7 Å². The third-order valence-corrected chi connectivity index (χ3v) is 3.66. The van der Waals surface area contributed by atoms with Crippen LogP contribution in [0.2, 0.25) is 0 Å². The molecule has 1 heterocycles. The summed E-state index contributed by atoms with van der Waals surface area (Å²) in [5.74, 6) is 0.833. The molecule has 0 radical (unpaired) electrons. The standard InChI is InChI=1S/C13H18N2OS/c1-5-13(2,3)15-9-7-6-8-10(16-4)11(9)14-12(15)17/h6-8H,5H2,1-4H3,(H,14,17). The van der Waals surface area contributed by atoms with Crippen LogP contribution in [0, 0.1) is 4.77 Å². The normalized spacial score (nSPS) is 12.0. The zero-order chi connectivity index (χ0) is 12.6. The number of nitrogens with zero attached hydrogens (tertiary/aromatic N) is 1. The number of ether oxygens (including phenoxy) is 1. The van der Waals surface area contributed by atoms with Crippen LogP contribution in [0.3, 0.4) is 0 Å². The Hall–Kier alpha value is -1.29. The maximum Gasteiger partial charge on any atom is 0.178 e. The fourth-order valence-electron chi connectivity index (χ4n) is 2.03. The van der Waals surface area contributed by atoms with Gasteiger partial charge in [-0.1, -0.05) is 13.0 Å². The smallest absolute Gasteiger partial charge is 0.178 e. The Morgan fingerprint density at radius 3 is 2.71 bits per heavy atom. The number of hydrogen-bond donors (Lipinski definition) is 1. The second-order valence-electron chi connectivity index (χ2n) is 4.79. The van der Waals surface area contributed by atoms with Crippen LogP contribution >= 0.6 is 12.2 Å². The molecule has 0 aliphatic heterocycles. The summed E-state index contributed by atoms with van der Waals surface area (Å²) >= 11 is 5.43. The fraction of sp³-hybridized carbons (Fsp3) is 0.462. The van der Waals surface area contributed by atoms with Crippen molar-refractivity contribution in [3.05, 3.63) is 23.0 Å². The Morgan fingerprint density at radius 2 is 2.12 bits per heavy atom. The van der Waals surface area contributed by atoms with Gasteiger partial charge in [-0.2, -0.15) is 0 Å². The molecular formula is C13H18N2OS. The van der Waals surface area contributed by atoms with E-state index in [2.05, 4.69) is 36.4 Å². The van der Waals surface area contributed by atoms with Crippen molar-refractivity contribution in [2.24, 2.45) is 0 Å². The van der Waals surface area contributed by atoms with Gasteiger partial charge in [0, 0.05) is 5.54 Å². The van der Waals surface area contributed by atoms with E-state index in [1.807, 2.05) is 12.1 Å². The molecule has 2 aromatic rings. The van der Waals surface area contributed by atoms with Crippen molar-refractivity contribution in [2.75, 3.05) is 7.11 Å².